The molecule has 1 aliphatic rings. The number of aromatic nitrogens is 3. The van der Waals surface area contributed by atoms with E-state index < -0.39 is 33.5 Å². The molecule has 1 fully saturated rings. The van der Waals surface area contributed by atoms with E-state index in [-0.39, 0.29) is 47.4 Å². The van der Waals surface area contributed by atoms with Gasteiger partial charge < -0.3 is 10.2 Å². The van der Waals surface area contributed by atoms with Gasteiger partial charge in [0.15, 0.2) is 10.9 Å². The van der Waals surface area contributed by atoms with Crippen molar-refractivity contribution >= 4 is 49.9 Å². The lowest BCUT2D eigenvalue weighted by Crippen LogP contribution is -2.39. The first kappa shape index (κ1) is 29.2. The summed E-state index contributed by atoms with van der Waals surface area (Å²) in [5.74, 6) is -2.77. The molecule has 2 aromatic carbocycles. The number of nitrogens with zero attached hydrogens (tertiary/aromatic N) is 4. The van der Waals surface area contributed by atoms with Crippen LogP contribution >= 0.6 is 11.3 Å². The maximum absolute atomic E-state index is 15.0. The number of halogens is 2. The Balaban J connectivity index is 1.34. The van der Waals surface area contributed by atoms with Crippen LogP contribution in [-0.4, -0.2) is 42.2 Å². The number of benzene rings is 2. The van der Waals surface area contributed by atoms with Gasteiger partial charge in [0.1, 0.15) is 11.5 Å². The fourth-order valence-corrected chi connectivity index (χ4v) is 6.09. The molecule has 4 N–H and O–H groups in total. The summed E-state index contributed by atoms with van der Waals surface area (Å²) in [6.07, 6.45) is 1.41. The molecule has 15 heteroatoms. The van der Waals surface area contributed by atoms with Crippen LogP contribution < -0.4 is 20.7 Å². The highest BCUT2D eigenvalue weighted by Crippen LogP contribution is 2.36. The van der Waals surface area contributed by atoms with E-state index in [0.717, 1.165) is 6.20 Å². The highest BCUT2D eigenvalue weighted by atomic mass is 32.2. The second-order valence-corrected chi connectivity index (χ2v) is 12.3. The number of hydrogen-bond donors (Lipinski definition) is 3. The van der Waals surface area contributed by atoms with Crippen molar-refractivity contribution in [2.24, 2.45) is 5.14 Å². The molecule has 2 amide bonds. The van der Waals surface area contributed by atoms with E-state index in [0.29, 0.717) is 27.0 Å². The number of carbonyl (C=O) groups excluding carboxylic acids is 2. The molecular formula is C27H25F2N7O4S2. The molecule has 3 heterocycles. The van der Waals surface area contributed by atoms with Crippen LogP contribution in [0.4, 0.5) is 25.5 Å². The Hall–Kier alpha value is -4.34. The Labute approximate surface area is 243 Å². The third kappa shape index (κ3) is 6.27. The van der Waals surface area contributed by atoms with Crippen molar-refractivity contribution < 1.29 is 26.8 Å². The van der Waals surface area contributed by atoms with Crippen molar-refractivity contribution in [1.82, 2.24) is 20.3 Å². The van der Waals surface area contributed by atoms with Crippen molar-refractivity contribution in [3.05, 3.63) is 77.1 Å². The Morgan fingerprint density at radius 2 is 1.93 bits per heavy atom. The molecule has 0 aliphatic carbocycles. The topological polar surface area (TPSA) is 160 Å². The molecule has 0 radical (unpaired) electrons. The second-order valence-electron chi connectivity index (χ2n) is 9.71. The lowest BCUT2D eigenvalue weighted by Gasteiger charge is -2.22. The Morgan fingerprint density at radius 3 is 2.64 bits per heavy atom. The number of imide groups is 1. The smallest absolute Gasteiger partial charge is 0.238 e. The van der Waals surface area contributed by atoms with E-state index in [2.05, 4.69) is 25.6 Å². The molecule has 42 heavy (non-hydrogen) atoms. The highest BCUT2D eigenvalue weighted by Gasteiger charge is 2.30. The summed E-state index contributed by atoms with van der Waals surface area (Å²) in [5, 5.41) is 10.8. The monoisotopic (exact) mass is 613 g/mol. The van der Waals surface area contributed by atoms with Gasteiger partial charge in [0, 0.05) is 31.3 Å². The van der Waals surface area contributed by atoms with Crippen molar-refractivity contribution in [3.8, 4) is 10.6 Å². The number of anilines is 3. The molecule has 5 rings (SSSR count). The van der Waals surface area contributed by atoms with E-state index >= 15 is 0 Å². The van der Waals surface area contributed by atoms with Crippen LogP contribution in [0.2, 0.25) is 0 Å². The van der Waals surface area contributed by atoms with Gasteiger partial charge in [-0.3, -0.25) is 14.9 Å². The van der Waals surface area contributed by atoms with Gasteiger partial charge in [-0.2, -0.15) is 0 Å². The van der Waals surface area contributed by atoms with E-state index in [1.807, 2.05) is 0 Å². The number of sulfonamides is 1. The van der Waals surface area contributed by atoms with Crippen molar-refractivity contribution in [1.29, 1.82) is 0 Å². The van der Waals surface area contributed by atoms with Crippen LogP contribution in [0.1, 0.15) is 35.6 Å². The van der Waals surface area contributed by atoms with Crippen LogP contribution in [0.25, 0.3) is 10.6 Å². The number of amides is 2. The molecule has 1 atom stereocenters. The predicted octanol–water partition coefficient (Wildman–Crippen LogP) is 3.73. The van der Waals surface area contributed by atoms with Gasteiger partial charge in [0.05, 0.1) is 27.6 Å². The summed E-state index contributed by atoms with van der Waals surface area (Å²) in [6.45, 7) is 1.99. The Morgan fingerprint density at radius 1 is 1.14 bits per heavy atom. The molecular weight excluding hydrogens is 588 g/mol. The molecule has 0 bridgehead atoms. The van der Waals surface area contributed by atoms with E-state index in [4.69, 9.17) is 5.14 Å². The van der Waals surface area contributed by atoms with Crippen molar-refractivity contribution in [2.75, 3.05) is 17.3 Å². The zero-order valence-electron chi connectivity index (χ0n) is 22.4. The molecule has 11 nitrogen and oxygen atoms in total. The van der Waals surface area contributed by atoms with Gasteiger partial charge in [-0.15, -0.1) is 0 Å². The summed E-state index contributed by atoms with van der Waals surface area (Å²) >= 11 is 1.19. The molecule has 218 valence electrons. The van der Waals surface area contributed by atoms with Crippen LogP contribution in [0.3, 0.4) is 0 Å². The average Bonchev–Trinajstić information content (AvgIpc) is 3.31. The van der Waals surface area contributed by atoms with Gasteiger partial charge in [-0.05, 0) is 43.2 Å². The summed E-state index contributed by atoms with van der Waals surface area (Å²) < 4.78 is 53.2. The molecule has 1 unspecified atom stereocenters. The van der Waals surface area contributed by atoms with Gasteiger partial charge >= 0.3 is 0 Å². The minimum Gasteiger partial charge on any atom is -0.347 e. The van der Waals surface area contributed by atoms with Crippen LogP contribution in [0.5, 0.6) is 0 Å². The number of thiazole rings is 1. The summed E-state index contributed by atoms with van der Waals surface area (Å²) in [5.41, 5.74) is 1.72. The van der Waals surface area contributed by atoms with Gasteiger partial charge in [0.2, 0.25) is 27.8 Å². The van der Waals surface area contributed by atoms with Crippen molar-refractivity contribution in [2.45, 2.75) is 37.1 Å². The lowest BCUT2D eigenvalue weighted by molar-refractivity contribution is -0.134. The van der Waals surface area contributed by atoms with E-state index in [1.165, 1.54) is 35.6 Å². The largest absolute Gasteiger partial charge is 0.347 e. The minimum atomic E-state index is -3.92. The first-order chi connectivity index (χ1) is 19.9. The average molecular weight is 614 g/mol. The fraction of sp³-hybridized carbons (Fsp3) is 0.222. The maximum Gasteiger partial charge on any atom is 0.238 e. The van der Waals surface area contributed by atoms with Crippen LogP contribution in [0.15, 0.2) is 53.6 Å². The fourth-order valence-electron chi connectivity index (χ4n) is 4.52. The molecule has 2 aromatic heterocycles. The lowest BCUT2D eigenvalue weighted by atomic mass is 9.89. The summed E-state index contributed by atoms with van der Waals surface area (Å²) in [4.78, 5) is 38.5. The zero-order valence-corrected chi connectivity index (χ0v) is 24.0. The Bertz CT molecular complexity index is 1810. The number of piperidine rings is 1. The van der Waals surface area contributed by atoms with E-state index in [9.17, 15) is 26.8 Å². The van der Waals surface area contributed by atoms with Gasteiger partial charge in [0.25, 0.3) is 0 Å². The summed E-state index contributed by atoms with van der Waals surface area (Å²) in [6, 6.07) is 10.4. The highest BCUT2D eigenvalue weighted by molar-refractivity contribution is 7.89. The number of aryl methyl sites for hydroxylation is 1. The minimum absolute atomic E-state index is 0.00406. The maximum atomic E-state index is 15.0. The van der Waals surface area contributed by atoms with Crippen LogP contribution in [-0.2, 0) is 26.2 Å². The number of rotatable bonds is 8. The first-order valence-corrected chi connectivity index (χ1v) is 15.0. The van der Waals surface area contributed by atoms with Gasteiger partial charge in [-0.25, -0.2) is 37.3 Å². The third-order valence-corrected chi connectivity index (χ3v) is 8.78. The van der Waals surface area contributed by atoms with Crippen LogP contribution in [0, 0.1) is 18.6 Å². The third-order valence-electron chi connectivity index (χ3n) is 6.59. The molecule has 0 saturated carbocycles. The number of hydrogen-bond acceptors (Lipinski definition) is 10. The number of nitrogens with two attached hydrogens (primary N) is 1. The van der Waals surface area contributed by atoms with Crippen molar-refractivity contribution in [3.63, 3.8) is 0 Å². The first-order valence-electron chi connectivity index (χ1n) is 12.6. The van der Waals surface area contributed by atoms with E-state index in [1.54, 1.807) is 37.1 Å². The normalized spacial score (nSPS) is 15.4. The SMILES string of the molecule is Cc1nc(N(C)Cc2ccc(C3CCC(=O)NC3=O)c(F)c2)sc1-c1nc(Nc2cccc(S(N)(=O)=O)c2)ncc1F. The Kier molecular flexibility index (Phi) is 7.99. The molecule has 1 aliphatic heterocycles. The molecule has 4 aromatic rings. The zero-order chi connectivity index (χ0) is 30.2. The number of nitrogens with one attached hydrogen (secondary N) is 2. The van der Waals surface area contributed by atoms with Gasteiger partial charge in [-0.1, -0.05) is 29.5 Å². The standard InChI is InChI=1S/C27H25F2N7O4S2/c1-14-24(23-21(29)12-31-26(35-23)33-16-4-3-5-17(11-16)42(30,39)40)41-27(32-14)36(2)13-15-6-7-18(20(28)10-15)19-8-9-22(37)34-25(19)38/h3-7,10-12,19H,8-9,13H2,1-2H3,(H2,30,39,40)(H,31,33,35)(H,34,37,38). The number of primary sulfonamides is 1. The molecule has 0 spiro atoms. The predicted molar refractivity (Wildman–Crippen MR) is 153 cm³/mol. The molecule has 1 saturated heterocycles. The number of carbonyl (C=O) groups is 2. The quantitative estimate of drug-likeness (QED) is 0.252. The summed E-state index contributed by atoms with van der Waals surface area (Å²) in [7, 11) is -2.16. The second kappa shape index (κ2) is 11.5.